The van der Waals surface area contributed by atoms with Crippen LogP contribution >= 0.6 is 0 Å². The standard InChI is InChI=1S/C19H25N3/c1-14-12-16-6-4-5-7-18(16)22(14)19(13-20)15-8-10-17(11-9-15)21(2)3/h4-11,14,19H,12-13,20H2,1-3H3. The molecule has 2 aromatic rings. The minimum atomic E-state index is 0.231. The molecule has 3 rings (SSSR count). The number of benzene rings is 2. The zero-order valence-electron chi connectivity index (χ0n) is 13.7. The number of para-hydroxylation sites is 1. The lowest BCUT2D eigenvalue weighted by Gasteiger charge is -2.34. The van der Waals surface area contributed by atoms with Gasteiger partial charge in [-0.25, -0.2) is 0 Å². The molecule has 2 unspecified atom stereocenters. The fourth-order valence-corrected chi connectivity index (χ4v) is 3.47. The van der Waals surface area contributed by atoms with Crippen LogP contribution in [0.5, 0.6) is 0 Å². The van der Waals surface area contributed by atoms with Gasteiger partial charge in [0, 0.05) is 38.1 Å². The van der Waals surface area contributed by atoms with E-state index in [0.29, 0.717) is 12.6 Å². The van der Waals surface area contributed by atoms with E-state index in [2.05, 4.69) is 79.3 Å². The molecule has 0 radical (unpaired) electrons. The van der Waals surface area contributed by atoms with Gasteiger partial charge in [0.2, 0.25) is 0 Å². The SMILES string of the molecule is CC1Cc2ccccc2N1C(CN)c1ccc(N(C)C)cc1. The Morgan fingerprint density at radius 1 is 1.14 bits per heavy atom. The third kappa shape index (κ3) is 2.57. The van der Waals surface area contributed by atoms with Gasteiger partial charge in [0.25, 0.3) is 0 Å². The molecule has 2 atom stereocenters. The van der Waals surface area contributed by atoms with E-state index in [-0.39, 0.29) is 6.04 Å². The van der Waals surface area contributed by atoms with Crippen molar-refractivity contribution in [2.75, 3.05) is 30.4 Å². The van der Waals surface area contributed by atoms with Crippen molar-refractivity contribution in [2.24, 2.45) is 5.73 Å². The number of anilines is 2. The first kappa shape index (κ1) is 14.9. The molecule has 0 fully saturated rings. The number of fused-ring (bicyclic) bond motifs is 1. The second-order valence-electron chi connectivity index (χ2n) is 6.33. The van der Waals surface area contributed by atoms with Gasteiger partial charge in [0.15, 0.2) is 0 Å². The molecule has 3 nitrogen and oxygen atoms in total. The van der Waals surface area contributed by atoms with Crippen LogP contribution in [0.15, 0.2) is 48.5 Å². The van der Waals surface area contributed by atoms with Gasteiger partial charge in [0.05, 0.1) is 6.04 Å². The van der Waals surface area contributed by atoms with Gasteiger partial charge < -0.3 is 15.5 Å². The first-order valence-corrected chi connectivity index (χ1v) is 7.95. The summed E-state index contributed by atoms with van der Waals surface area (Å²) in [6.45, 7) is 2.91. The van der Waals surface area contributed by atoms with E-state index in [1.807, 2.05) is 0 Å². The first-order valence-electron chi connectivity index (χ1n) is 7.95. The fraction of sp³-hybridized carbons (Fsp3) is 0.368. The van der Waals surface area contributed by atoms with E-state index >= 15 is 0 Å². The summed E-state index contributed by atoms with van der Waals surface area (Å²) < 4.78 is 0. The highest BCUT2D eigenvalue weighted by atomic mass is 15.2. The van der Waals surface area contributed by atoms with E-state index in [0.717, 1.165) is 6.42 Å². The molecule has 22 heavy (non-hydrogen) atoms. The van der Waals surface area contributed by atoms with Gasteiger partial charge in [-0.2, -0.15) is 0 Å². The molecular formula is C19H25N3. The maximum atomic E-state index is 6.15. The third-order valence-corrected chi connectivity index (χ3v) is 4.61. The summed E-state index contributed by atoms with van der Waals surface area (Å²) in [5.74, 6) is 0. The van der Waals surface area contributed by atoms with Crippen LogP contribution in [0.1, 0.15) is 24.1 Å². The topological polar surface area (TPSA) is 32.5 Å². The summed E-state index contributed by atoms with van der Waals surface area (Å²) in [7, 11) is 4.13. The van der Waals surface area contributed by atoms with E-state index in [9.17, 15) is 0 Å². The van der Waals surface area contributed by atoms with Crippen LogP contribution in [0.25, 0.3) is 0 Å². The molecule has 0 aliphatic carbocycles. The van der Waals surface area contributed by atoms with Crippen LogP contribution in [-0.4, -0.2) is 26.7 Å². The number of rotatable bonds is 4. The van der Waals surface area contributed by atoms with Crippen LogP contribution < -0.4 is 15.5 Å². The molecule has 1 aliphatic rings. The molecule has 0 aromatic heterocycles. The number of hydrogen-bond donors (Lipinski definition) is 1. The quantitative estimate of drug-likeness (QED) is 0.940. The van der Waals surface area contributed by atoms with E-state index in [4.69, 9.17) is 5.73 Å². The van der Waals surface area contributed by atoms with Gasteiger partial charge in [0.1, 0.15) is 0 Å². The van der Waals surface area contributed by atoms with Crippen molar-refractivity contribution >= 4 is 11.4 Å². The molecule has 1 heterocycles. The lowest BCUT2D eigenvalue weighted by atomic mass is 10.0. The summed E-state index contributed by atoms with van der Waals surface area (Å²) in [5.41, 5.74) is 11.4. The Morgan fingerprint density at radius 3 is 2.45 bits per heavy atom. The van der Waals surface area contributed by atoms with Crippen LogP contribution in [0.2, 0.25) is 0 Å². The van der Waals surface area contributed by atoms with Gasteiger partial charge in [-0.3, -0.25) is 0 Å². The van der Waals surface area contributed by atoms with Crippen molar-refractivity contribution in [3.63, 3.8) is 0 Å². The minimum absolute atomic E-state index is 0.231. The molecule has 0 amide bonds. The highest BCUT2D eigenvalue weighted by Gasteiger charge is 2.31. The molecule has 0 spiro atoms. The summed E-state index contributed by atoms with van der Waals surface area (Å²) in [5, 5.41) is 0. The number of nitrogens with zero attached hydrogens (tertiary/aromatic N) is 2. The summed E-state index contributed by atoms with van der Waals surface area (Å²) in [6.07, 6.45) is 1.10. The Kier molecular flexibility index (Phi) is 4.08. The number of hydrogen-bond acceptors (Lipinski definition) is 3. The van der Waals surface area contributed by atoms with Crippen LogP contribution in [-0.2, 0) is 6.42 Å². The molecule has 2 N–H and O–H groups in total. The Morgan fingerprint density at radius 2 is 1.82 bits per heavy atom. The van der Waals surface area contributed by atoms with Crippen molar-refractivity contribution < 1.29 is 0 Å². The normalized spacial score (nSPS) is 18.2. The molecular weight excluding hydrogens is 270 g/mol. The van der Waals surface area contributed by atoms with Crippen molar-refractivity contribution in [3.05, 3.63) is 59.7 Å². The van der Waals surface area contributed by atoms with Gasteiger partial charge in [-0.15, -0.1) is 0 Å². The lowest BCUT2D eigenvalue weighted by Crippen LogP contribution is -2.37. The summed E-state index contributed by atoms with van der Waals surface area (Å²) in [6, 6.07) is 18.2. The molecule has 3 heteroatoms. The molecule has 1 aliphatic heterocycles. The number of nitrogens with two attached hydrogens (primary N) is 1. The minimum Gasteiger partial charge on any atom is -0.378 e. The zero-order chi connectivity index (χ0) is 15.7. The summed E-state index contributed by atoms with van der Waals surface area (Å²) >= 11 is 0. The van der Waals surface area contributed by atoms with Crippen LogP contribution in [0.3, 0.4) is 0 Å². The highest BCUT2D eigenvalue weighted by Crippen LogP contribution is 2.38. The first-order chi connectivity index (χ1) is 10.6. The predicted molar refractivity (Wildman–Crippen MR) is 94.7 cm³/mol. The van der Waals surface area contributed by atoms with Crippen molar-refractivity contribution in [1.29, 1.82) is 0 Å². The average Bonchev–Trinajstić information content (AvgIpc) is 2.85. The zero-order valence-corrected chi connectivity index (χ0v) is 13.7. The predicted octanol–water partition coefficient (Wildman–Crippen LogP) is 3.20. The van der Waals surface area contributed by atoms with Crippen molar-refractivity contribution in [2.45, 2.75) is 25.4 Å². The van der Waals surface area contributed by atoms with Crippen LogP contribution in [0.4, 0.5) is 11.4 Å². The maximum Gasteiger partial charge on any atom is 0.0668 e. The smallest absolute Gasteiger partial charge is 0.0668 e. The Labute approximate surface area is 133 Å². The van der Waals surface area contributed by atoms with E-state index in [1.165, 1.54) is 22.5 Å². The highest BCUT2D eigenvalue weighted by molar-refractivity contribution is 5.61. The molecule has 0 saturated heterocycles. The largest absolute Gasteiger partial charge is 0.378 e. The van der Waals surface area contributed by atoms with Crippen LogP contribution in [0, 0.1) is 0 Å². The third-order valence-electron chi connectivity index (χ3n) is 4.61. The van der Waals surface area contributed by atoms with Crippen molar-refractivity contribution in [1.82, 2.24) is 0 Å². The molecule has 116 valence electrons. The second-order valence-corrected chi connectivity index (χ2v) is 6.33. The Bertz CT molecular complexity index is 633. The molecule has 2 aromatic carbocycles. The lowest BCUT2D eigenvalue weighted by molar-refractivity contribution is 0.569. The maximum absolute atomic E-state index is 6.15. The van der Waals surface area contributed by atoms with Crippen molar-refractivity contribution in [3.8, 4) is 0 Å². The molecule has 0 saturated carbocycles. The van der Waals surface area contributed by atoms with Gasteiger partial charge in [-0.05, 0) is 42.7 Å². The van der Waals surface area contributed by atoms with E-state index in [1.54, 1.807) is 0 Å². The fourth-order valence-electron chi connectivity index (χ4n) is 3.47. The van der Waals surface area contributed by atoms with Gasteiger partial charge >= 0.3 is 0 Å². The monoisotopic (exact) mass is 295 g/mol. The van der Waals surface area contributed by atoms with Gasteiger partial charge in [-0.1, -0.05) is 30.3 Å². The molecule has 0 bridgehead atoms. The van der Waals surface area contributed by atoms with E-state index < -0.39 is 0 Å². The second kappa shape index (κ2) is 6.01. The Hall–Kier alpha value is -2.00. The summed E-state index contributed by atoms with van der Waals surface area (Å²) in [4.78, 5) is 4.61. The Balaban J connectivity index is 1.94. The average molecular weight is 295 g/mol.